The third-order valence-electron chi connectivity index (χ3n) is 4.63. The number of ether oxygens (including phenoxy) is 1. The van der Waals surface area contributed by atoms with E-state index in [9.17, 15) is 4.79 Å². The van der Waals surface area contributed by atoms with E-state index in [4.69, 9.17) is 4.74 Å². The van der Waals surface area contributed by atoms with Gasteiger partial charge in [0.15, 0.2) is 5.60 Å². The van der Waals surface area contributed by atoms with Crippen LogP contribution in [0, 0.1) is 0 Å². The zero-order chi connectivity index (χ0) is 14.1. The molecule has 2 rings (SSSR count). The van der Waals surface area contributed by atoms with Crippen molar-refractivity contribution >= 4 is 5.97 Å². The maximum Gasteiger partial charge on any atom is 0.306 e. The molecule has 1 heterocycles. The maximum atomic E-state index is 11.9. The van der Waals surface area contributed by atoms with E-state index in [-0.39, 0.29) is 36.0 Å². The first-order valence-corrected chi connectivity index (χ1v) is 7.02. The minimum atomic E-state index is -0.474. The minimum absolute atomic E-state index is 0. The number of halogens is 1. The summed E-state index contributed by atoms with van der Waals surface area (Å²) in [5, 5.41) is 0. The molecule has 1 aromatic carbocycles. The van der Waals surface area contributed by atoms with Gasteiger partial charge in [0.25, 0.3) is 0 Å². The summed E-state index contributed by atoms with van der Waals surface area (Å²) in [5.41, 5.74) is 0.644. The first-order valence-electron chi connectivity index (χ1n) is 7.02. The number of quaternary nitrogens is 1. The van der Waals surface area contributed by atoms with Gasteiger partial charge in [0.2, 0.25) is 0 Å². The highest BCUT2D eigenvalue weighted by atomic mass is 127. The van der Waals surface area contributed by atoms with Gasteiger partial charge in [0.1, 0.15) is 6.04 Å². The zero-order valence-electron chi connectivity index (χ0n) is 12.7. The van der Waals surface area contributed by atoms with Gasteiger partial charge in [-0.1, -0.05) is 37.3 Å². The standard InChI is InChI=1S/C16H24NO2.HI/c1-5-15(18)19-16(14-9-7-6-8-10-14)11-12-17(3,4)13(16)2;/h6-10,13H,5,11-12H2,1-4H3;1H/q+1;/p-1. The third kappa shape index (κ3) is 3.01. The second kappa shape index (κ2) is 6.43. The van der Waals surface area contributed by atoms with Gasteiger partial charge in [-0.2, -0.15) is 0 Å². The molecule has 0 N–H and O–H groups in total. The van der Waals surface area contributed by atoms with Gasteiger partial charge >= 0.3 is 5.97 Å². The monoisotopic (exact) mass is 389 g/mol. The average Bonchev–Trinajstić information content (AvgIpc) is 2.65. The predicted octanol–water partition coefficient (Wildman–Crippen LogP) is -0.292. The molecule has 1 saturated heterocycles. The van der Waals surface area contributed by atoms with Gasteiger partial charge in [-0.25, -0.2) is 0 Å². The minimum Gasteiger partial charge on any atom is -1.00 e. The van der Waals surface area contributed by atoms with Crippen molar-refractivity contribution in [2.45, 2.75) is 38.3 Å². The Labute approximate surface area is 138 Å². The molecule has 1 fully saturated rings. The van der Waals surface area contributed by atoms with Crippen LogP contribution in [-0.2, 0) is 15.1 Å². The van der Waals surface area contributed by atoms with Gasteiger partial charge in [0.05, 0.1) is 20.6 Å². The molecule has 2 atom stereocenters. The Morgan fingerprint density at radius 3 is 2.40 bits per heavy atom. The summed E-state index contributed by atoms with van der Waals surface area (Å²) in [6.07, 6.45) is 1.31. The maximum absolute atomic E-state index is 11.9. The van der Waals surface area contributed by atoms with Gasteiger partial charge in [-0.3, -0.25) is 4.79 Å². The lowest BCUT2D eigenvalue weighted by atomic mass is 9.86. The summed E-state index contributed by atoms with van der Waals surface area (Å²) in [6.45, 7) is 5.05. The van der Waals surface area contributed by atoms with Crippen LogP contribution in [0.2, 0.25) is 0 Å². The fourth-order valence-electron chi connectivity index (χ4n) is 3.00. The highest BCUT2D eigenvalue weighted by Crippen LogP contribution is 2.43. The fraction of sp³-hybridized carbons (Fsp3) is 0.562. The first-order chi connectivity index (χ1) is 8.92. The lowest BCUT2D eigenvalue weighted by Crippen LogP contribution is -3.00. The summed E-state index contributed by atoms with van der Waals surface area (Å²) in [7, 11) is 4.41. The smallest absolute Gasteiger partial charge is 0.306 e. The van der Waals surface area contributed by atoms with Crippen molar-refractivity contribution in [2.24, 2.45) is 0 Å². The molecule has 112 valence electrons. The molecule has 2 unspecified atom stereocenters. The molecule has 20 heavy (non-hydrogen) atoms. The van der Waals surface area contributed by atoms with Crippen LogP contribution in [0.25, 0.3) is 0 Å². The Balaban J connectivity index is 0.00000200. The van der Waals surface area contributed by atoms with Crippen molar-refractivity contribution in [1.82, 2.24) is 0 Å². The number of likely N-dealkylation sites (N-methyl/N-ethyl adjacent to an activating group) is 1. The lowest BCUT2D eigenvalue weighted by Gasteiger charge is -2.37. The zero-order valence-corrected chi connectivity index (χ0v) is 14.9. The Morgan fingerprint density at radius 2 is 1.95 bits per heavy atom. The van der Waals surface area contributed by atoms with Crippen molar-refractivity contribution in [1.29, 1.82) is 0 Å². The molecule has 1 aliphatic rings. The van der Waals surface area contributed by atoms with E-state index in [0.717, 1.165) is 23.0 Å². The van der Waals surface area contributed by atoms with E-state index in [1.165, 1.54) is 0 Å². The van der Waals surface area contributed by atoms with E-state index in [1.54, 1.807) is 0 Å². The number of carbonyl (C=O) groups is 1. The molecule has 0 radical (unpaired) electrons. The topological polar surface area (TPSA) is 26.3 Å². The lowest BCUT2D eigenvalue weighted by molar-refractivity contribution is -0.904. The van der Waals surface area contributed by atoms with Crippen LogP contribution in [-0.4, -0.2) is 37.1 Å². The Hall–Kier alpha value is -0.620. The molecule has 1 aliphatic heterocycles. The Morgan fingerprint density at radius 1 is 1.35 bits per heavy atom. The van der Waals surface area contributed by atoms with Crippen molar-refractivity contribution in [3.8, 4) is 0 Å². The van der Waals surface area contributed by atoms with Crippen molar-refractivity contribution in [3.63, 3.8) is 0 Å². The molecule has 4 heteroatoms. The van der Waals surface area contributed by atoms with E-state index < -0.39 is 5.60 Å². The Bertz CT molecular complexity index is 461. The second-order valence-corrected chi connectivity index (χ2v) is 6.01. The average molecular weight is 389 g/mol. The number of nitrogens with zero attached hydrogens (tertiary/aromatic N) is 1. The van der Waals surface area contributed by atoms with Crippen molar-refractivity contribution in [2.75, 3.05) is 20.6 Å². The molecule has 0 aliphatic carbocycles. The Kier molecular flexibility index (Phi) is 5.61. The highest BCUT2D eigenvalue weighted by Gasteiger charge is 2.55. The van der Waals surface area contributed by atoms with Gasteiger partial charge in [0, 0.05) is 18.4 Å². The first kappa shape index (κ1) is 17.4. The predicted molar refractivity (Wildman–Crippen MR) is 75.6 cm³/mol. The molecular formula is C16H24INO2. The SMILES string of the molecule is CCC(=O)OC1(c2ccccc2)CC[N+](C)(C)C1C.[I-]. The van der Waals surface area contributed by atoms with Crippen LogP contribution < -0.4 is 24.0 Å². The third-order valence-corrected chi connectivity index (χ3v) is 4.63. The van der Waals surface area contributed by atoms with Crippen LogP contribution >= 0.6 is 0 Å². The van der Waals surface area contributed by atoms with Crippen LogP contribution in [0.3, 0.4) is 0 Å². The van der Waals surface area contributed by atoms with Crippen LogP contribution in [0.5, 0.6) is 0 Å². The van der Waals surface area contributed by atoms with E-state index in [1.807, 2.05) is 25.1 Å². The summed E-state index contributed by atoms with van der Waals surface area (Å²) < 4.78 is 6.81. The van der Waals surface area contributed by atoms with Gasteiger partial charge in [-0.05, 0) is 6.92 Å². The molecule has 0 bridgehead atoms. The van der Waals surface area contributed by atoms with Crippen LogP contribution in [0.4, 0.5) is 0 Å². The summed E-state index contributed by atoms with van der Waals surface area (Å²) >= 11 is 0. The number of hydrogen-bond donors (Lipinski definition) is 0. The molecule has 0 spiro atoms. The molecule has 0 amide bonds. The van der Waals surface area contributed by atoms with Gasteiger partial charge in [-0.15, -0.1) is 0 Å². The molecule has 1 aromatic rings. The van der Waals surface area contributed by atoms with E-state index >= 15 is 0 Å². The largest absolute Gasteiger partial charge is 1.00 e. The highest BCUT2D eigenvalue weighted by molar-refractivity contribution is 5.69. The summed E-state index contributed by atoms with van der Waals surface area (Å²) in [5.74, 6) is -0.113. The van der Waals surface area contributed by atoms with Gasteiger partial charge < -0.3 is 33.2 Å². The molecule has 0 saturated carbocycles. The number of carbonyl (C=O) groups excluding carboxylic acids is 1. The number of esters is 1. The molecular weight excluding hydrogens is 365 g/mol. The molecule has 0 aromatic heterocycles. The fourth-order valence-corrected chi connectivity index (χ4v) is 3.00. The van der Waals surface area contributed by atoms with Crippen LogP contribution in [0.1, 0.15) is 32.3 Å². The number of benzene rings is 1. The number of likely N-dealkylation sites (tertiary alicyclic amines) is 1. The quantitative estimate of drug-likeness (QED) is 0.404. The van der Waals surface area contributed by atoms with Crippen molar-refractivity contribution in [3.05, 3.63) is 35.9 Å². The second-order valence-electron chi connectivity index (χ2n) is 6.01. The number of hydrogen-bond acceptors (Lipinski definition) is 2. The summed E-state index contributed by atoms with van der Waals surface area (Å²) in [6, 6.07) is 10.4. The molecule has 3 nitrogen and oxygen atoms in total. The van der Waals surface area contributed by atoms with Crippen LogP contribution in [0.15, 0.2) is 30.3 Å². The summed E-state index contributed by atoms with van der Waals surface area (Å²) in [4.78, 5) is 11.9. The van der Waals surface area contributed by atoms with E-state index in [0.29, 0.717) is 6.42 Å². The normalized spacial score (nSPS) is 27.7. The van der Waals surface area contributed by atoms with E-state index in [2.05, 4.69) is 33.2 Å². The van der Waals surface area contributed by atoms with Crippen molar-refractivity contribution < 1.29 is 38.0 Å². The number of rotatable bonds is 3.